The van der Waals surface area contributed by atoms with E-state index >= 15 is 8.78 Å². The summed E-state index contributed by atoms with van der Waals surface area (Å²) in [6, 6.07) is 2.92. The van der Waals surface area contributed by atoms with E-state index in [-0.39, 0.29) is 17.3 Å². The molecule has 6 rings (SSSR count). The molecule has 6 nitrogen and oxygen atoms in total. The lowest BCUT2D eigenvalue weighted by atomic mass is 10.0. The summed E-state index contributed by atoms with van der Waals surface area (Å²) in [4.78, 5) is 6.50. The highest BCUT2D eigenvalue weighted by atomic mass is 19.1. The third-order valence-electron chi connectivity index (χ3n) is 5.53. The summed E-state index contributed by atoms with van der Waals surface area (Å²) < 4.78 is 32.0. The molecule has 136 valence electrons. The molecule has 1 N–H and O–H groups in total. The second-order valence-corrected chi connectivity index (χ2v) is 7.31. The lowest BCUT2D eigenvalue weighted by Gasteiger charge is -2.30. The number of nitrogens with zero attached hydrogens (tertiary/aromatic N) is 5. The largest absolute Gasteiger partial charge is 0.310 e. The molecule has 1 fully saturated rings. The van der Waals surface area contributed by atoms with E-state index in [0.717, 1.165) is 42.8 Å². The van der Waals surface area contributed by atoms with Gasteiger partial charge in [0.25, 0.3) is 0 Å². The maximum atomic E-state index is 15.1. The number of fused-ring (bicyclic) bond motifs is 2. The summed E-state index contributed by atoms with van der Waals surface area (Å²) >= 11 is 0. The number of hydrogen-bond acceptors (Lipinski definition) is 4. The van der Waals surface area contributed by atoms with E-state index in [2.05, 4.69) is 20.3 Å². The molecular weight excluding hydrogens is 350 g/mol. The highest BCUT2D eigenvalue weighted by Gasteiger charge is 2.34. The van der Waals surface area contributed by atoms with Crippen LogP contribution in [0, 0.1) is 11.6 Å². The van der Waals surface area contributed by atoms with E-state index in [1.165, 1.54) is 12.1 Å². The number of halogens is 2. The molecular formula is C19H16F2N6. The third kappa shape index (κ3) is 2.12. The maximum absolute atomic E-state index is 15.1. The highest BCUT2D eigenvalue weighted by molar-refractivity contribution is 6.14. The van der Waals surface area contributed by atoms with Crippen LogP contribution in [0.25, 0.3) is 11.3 Å². The number of anilines is 1. The van der Waals surface area contributed by atoms with Crippen molar-refractivity contribution in [1.29, 1.82) is 0 Å². The van der Waals surface area contributed by atoms with E-state index < -0.39 is 11.6 Å². The van der Waals surface area contributed by atoms with Crippen molar-refractivity contribution >= 4 is 17.3 Å². The van der Waals surface area contributed by atoms with E-state index in [9.17, 15) is 0 Å². The molecule has 2 aliphatic heterocycles. The van der Waals surface area contributed by atoms with Crippen LogP contribution < -0.4 is 4.90 Å². The zero-order valence-electron chi connectivity index (χ0n) is 14.4. The summed E-state index contributed by atoms with van der Waals surface area (Å²) in [7, 11) is 0. The van der Waals surface area contributed by atoms with Gasteiger partial charge in [-0.05, 0) is 42.9 Å². The number of aromatic nitrogens is 4. The number of aryl methyl sites for hydroxylation is 1. The van der Waals surface area contributed by atoms with Crippen molar-refractivity contribution in [2.75, 3.05) is 11.4 Å². The van der Waals surface area contributed by atoms with Crippen LogP contribution >= 0.6 is 0 Å². The van der Waals surface area contributed by atoms with Crippen molar-refractivity contribution in [3.63, 3.8) is 0 Å². The van der Waals surface area contributed by atoms with Gasteiger partial charge in [-0.3, -0.25) is 5.10 Å². The first-order chi connectivity index (χ1) is 13.2. The smallest absolute Gasteiger partial charge is 0.148 e. The Balaban J connectivity index is 1.60. The van der Waals surface area contributed by atoms with Gasteiger partial charge in [0.2, 0.25) is 0 Å². The van der Waals surface area contributed by atoms with Gasteiger partial charge in [0.15, 0.2) is 0 Å². The number of rotatable bonds is 2. The Hall–Kier alpha value is -3.03. The zero-order chi connectivity index (χ0) is 18.1. The zero-order valence-corrected chi connectivity index (χ0v) is 14.4. The van der Waals surface area contributed by atoms with Crippen molar-refractivity contribution < 1.29 is 8.78 Å². The quantitative estimate of drug-likeness (QED) is 0.752. The minimum Gasteiger partial charge on any atom is -0.310 e. The van der Waals surface area contributed by atoms with Crippen LogP contribution in [0.3, 0.4) is 0 Å². The molecule has 8 heteroatoms. The summed E-state index contributed by atoms with van der Waals surface area (Å²) in [5.41, 5.74) is 2.76. The predicted molar refractivity (Wildman–Crippen MR) is 96.3 cm³/mol. The number of nitrogens with one attached hydrogen (secondary N) is 1. The number of benzene rings is 1. The Bertz CT molecular complexity index is 1080. The Morgan fingerprint density at radius 2 is 1.89 bits per heavy atom. The van der Waals surface area contributed by atoms with E-state index in [1.54, 1.807) is 12.4 Å². The molecule has 3 aromatic rings. The van der Waals surface area contributed by atoms with Gasteiger partial charge in [-0.25, -0.2) is 18.5 Å². The minimum absolute atomic E-state index is 0.0888. The summed E-state index contributed by atoms with van der Waals surface area (Å²) in [5.74, 6) is 0.215. The van der Waals surface area contributed by atoms with Crippen molar-refractivity contribution in [2.45, 2.75) is 31.7 Å². The van der Waals surface area contributed by atoms with Crippen LogP contribution in [0.2, 0.25) is 0 Å². The SMILES string of the molecule is Fc1cc(C2CC2)cc(F)c1C1=Nc2cn[nH]c2-c2cnn3c2N1CCC3. The minimum atomic E-state index is -0.569. The predicted octanol–water partition coefficient (Wildman–Crippen LogP) is 3.73. The van der Waals surface area contributed by atoms with E-state index in [1.807, 2.05) is 9.58 Å². The topological polar surface area (TPSA) is 62.1 Å². The first-order valence-corrected chi connectivity index (χ1v) is 9.16. The molecule has 0 radical (unpaired) electrons. The Kier molecular flexibility index (Phi) is 2.93. The monoisotopic (exact) mass is 366 g/mol. The second kappa shape index (κ2) is 5.25. The molecule has 0 unspecified atom stereocenters. The maximum Gasteiger partial charge on any atom is 0.148 e. The van der Waals surface area contributed by atoms with Crippen molar-refractivity contribution in [1.82, 2.24) is 20.0 Å². The number of aromatic amines is 1. The Morgan fingerprint density at radius 1 is 1.07 bits per heavy atom. The van der Waals surface area contributed by atoms with Gasteiger partial charge < -0.3 is 4.90 Å². The van der Waals surface area contributed by atoms with E-state index in [0.29, 0.717) is 17.9 Å². The molecule has 1 saturated carbocycles. The standard InChI is InChI=1S/C19H16F2N6/c20-13-6-11(10-2-3-10)7-14(21)16(13)18-24-15-9-22-25-17(15)12-8-23-27-5-1-4-26(18)19(12)27/h6-10H,1-5H2,(H,22,25). The van der Waals surface area contributed by atoms with Crippen LogP contribution in [-0.2, 0) is 6.54 Å². The summed E-state index contributed by atoms with van der Waals surface area (Å²) in [6.45, 7) is 1.38. The molecule has 0 amide bonds. The number of hydrogen-bond donors (Lipinski definition) is 1. The lowest BCUT2D eigenvalue weighted by molar-refractivity contribution is 0.543. The molecule has 27 heavy (non-hydrogen) atoms. The van der Waals surface area contributed by atoms with Gasteiger partial charge in [-0.1, -0.05) is 0 Å². The van der Waals surface area contributed by atoms with Gasteiger partial charge >= 0.3 is 0 Å². The van der Waals surface area contributed by atoms with Crippen LogP contribution in [-0.4, -0.2) is 32.4 Å². The average Bonchev–Trinajstić information content (AvgIpc) is 3.29. The molecule has 3 aliphatic rings. The molecule has 2 aromatic heterocycles. The van der Waals surface area contributed by atoms with Gasteiger partial charge in [0.05, 0.1) is 29.2 Å². The normalized spacial score (nSPS) is 18.0. The van der Waals surface area contributed by atoms with Crippen LogP contribution in [0.15, 0.2) is 29.5 Å². The lowest BCUT2D eigenvalue weighted by Crippen LogP contribution is -2.39. The number of H-pyrrole nitrogens is 1. The first-order valence-electron chi connectivity index (χ1n) is 9.16. The first kappa shape index (κ1) is 15.1. The fourth-order valence-electron chi connectivity index (χ4n) is 4.08. The molecule has 1 aliphatic carbocycles. The molecule has 4 heterocycles. The van der Waals surface area contributed by atoms with Crippen molar-refractivity contribution in [3.8, 4) is 11.3 Å². The summed E-state index contributed by atoms with van der Waals surface area (Å²) in [6.07, 6.45) is 6.14. The van der Waals surface area contributed by atoms with Gasteiger partial charge in [0, 0.05) is 13.1 Å². The molecule has 0 saturated heterocycles. The molecule has 0 bridgehead atoms. The van der Waals surface area contributed by atoms with Gasteiger partial charge in [0.1, 0.15) is 29.0 Å². The van der Waals surface area contributed by atoms with Crippen molar-refractivity contribution in [3.05, 3.63) is 47.3 Å². The molecule has 0 spiro atoms. The van der Waals surface area contributed by atoms with E-state index in [4.69, 9.17) is 0 Å². The van der Waals surface area contributed by atoms with Crippen LogP contribution in [0.1, 0.15) is 36.3 Å². The van der Waals surface area contributed by atoms with Gasteiger partial charge in [-0.2, -0.15) is 10.2 Å². The highest BCUT2D eigenvalue weighted by Crippen LogP contribution is 2.43. The molecule has 1 aromatic carbocycles. The average molecular weight is 366 g/mol. The van der Waals surface area contributed by atoms with Crippen LogP contribution in [0.4, 0.5) is 20.3 Å². The fraction of sp³-hybridized carbons (Fsp3) is 0.316. The number of amidine groups is 1. The van der Waals surface area contributed by atoms with Gasteiger partial charge in [-0.15, -0.1) is 0 Å². The molecule has 0 atom stereocenters. The number of aliphatic imine (C=N–C) groups is 1. The second-order valence-electron chi connectivity index (χ2n) is 7.31. The Labute approximate surface area is 153 Å². The fourth-order valence-corrected chi connectivity index (χ4v) is 4.08. The third-order valence-corrected chi connectivity index (χ3v) is 5.53. The van der Waals surface area contributed by atoms with Crippen molar-refractivity contribution in [2.24, 2.45) is 4.99 Å². The Morgan fingerprint density at radius 3 is 2.67 bits per heavy atom. The summed E-state index contributed by atoms with van der Waals surface area (Å²) in [5, 5.41) is 11.5. The van der Waals surface area contributed by atoms with Crippen LogP contribution in [0.5, 0.6) is 0 Å².